The molecule has 0 radical (unpaired) electrons. The number of nitrogens with zero attached hydrogens (tertiary/aromatic N) is 1. The van der Waals surface area contributed by atoms with Gasteiger partial charge in [-0.15, -0.1) is 0 Å². The Morgan fingerprint density at radius 3 is 2.67 bits per heavy atom. The first-order chi connectivity index (χ1) is 8.63. The third kappa shape index (κ3) is 3.36. The fourth-order valence-electron chi connectivity index (χ4n) is 1.45. The van der Waals surface area contributed by atoms with E-state index >= 15 is 0 Å². The third-order valence-corrected chi connectivity index (χ3v) is 2.76. The van der Waals surface area contributed by atoms with E-state index in [4.69, 9.17) is 16.3 Å². The van der Waals surface area contributed by atoms with E-state index in [2.05, 4.69) is 0 Å². The molecule has 1 rings (SSSR count). The summed E-state index contributed by atoms with van der Waals surface area (Å²) < 4.78 is 5.22. The van der Waals surface area contributed by atoms with E-state index in [0.717, 1.165) is 6.08 Å². The monoisotopic (exact) mass is 267 g/mol. The molecule has 0 fully saturated rings. The van der Waals surface area contributed by atoms with Crippen molar-refractivity contribution in [2.75, 3.05) is 13.1 Å². The van der Waals surface area contributed by atoms with Crippen molar-refractivity contribution >= 4 is 29.7 Å². The molecule has 0 aliphatic heterocycles. The highest BCUT2D eigenvalue weighted by Crippen LogP contribution is 2.27. The number of amides is 1. The van der Waals surface area contributed by atoms with Crippen LogP contribution in [0.5, 0.6) is 5.75 Å². The lowest BCUT2D eigenvalue weighted by atomic mass is 10.2. The number of hydrogen-bond acceptors (Lipinski definition) is 3. The molecule has 4 nitrogen and oxygen atoms in total. The normalized spacial score (nSPS) is 9.50. The van der Waals surface area contributed by atoms with Crippen molar-refractivity contribution in [3.05, 3.63) is 28.8 Å². The third-order valence-electron chi connectivity index (χ3n) is 2.44. The zero-order chi connectivity index (χ0) is 13.5. The van der Waals surface area contributed by atoms with Crippen molar-refractivity contribution < 1.29 is 14.3 Å². The minimum absolute atomic E-state index is 0.253. The number of carbonyl (C=O) groups is 1. The molecule has 0 heterocycles. The van der Waals surface area contributed by atoms with Crippen LogP contribution in [0.25, 0.3) is 6.08 Å². The molecule has 0 aliphatic rings. The molecular weight excluding hydrogens is 254 g/mol. The average Bonchev–Trinajstić information content (AvgIpc) is 2.35. The van der Waals surface area contributed by atoms with E-state index in [1.807, 2.05) is 13.8 Å². The molecule has 0 saturated heterocycles. The quantitative estimate of drug-likeness (QED) is 0.788. The van der Waals surface area contributed by atoms with E-state index < -0.39 is 6.09 Å². The number of rotatable bonds is 4. The van der Waals surface area contributed by atoms with Crippen LogP contribution in [-0.2, 0) is 4.79 Å². The summed E-state index contributed by atoms with van der Waals surface area (Å²) in [4.78, 5) is 23.7. The largest absolute Gasteiger partial charge is 0.415 e. The van der Waals surface area contributed by atoms with Crippen LogP contribution >= 0.6 is 11.6 Å². The predicted molar refractivity (Wildman–Crippen MR) is 70.6 cm³/mol. The van der Waals surface area contributed by atoms with Gasteiger partial charge in [0.15, 0.2) is 0 Å². The van der Waals surface area contributed by atoms with Gasteiger partial charge in [0, 0.05) is 24.7 Å². The molecule has 0 spiro atoms. The summed E-state index contributed by atoms with van der Waals surface area (Å²) in [6.45, 7) is 4.81. The lowest BCUT2D eigenvalue weighted by molar-refractivity contribution is 0.157. The smallest absolute Gasteiger partial charge is 0.409 e. The highest BCUT2D eigenvalue weighted by atomic mass is 35.5. The fraction of sp³-hybridized carbons (Fsp3) is 0.308. The molecule has 5 heteroatoms. The van der Waals surface area contributed by atoms with Gasteiger partial charge in [-0.1, -0.05) is 17.7 Å². The highest BCUT2D eigenvalue weighted by molar-refractivity contribution is 6.32. The Bertz CT molecular complexity index is 477. The van der Waals surface area contributed by atoms with E-state index in [0.29, 0.717) is 23.7 Å². The fourth-order valence-corrected chi connectivity index (χ4v) is 1.67. The first-order valence-corrected chi connectivity index (χ1v) is 5.98. The molecule has 0 aromatic heterocycles. The number of ether oxygens (including phenoxy) is 1. The van der Waals surface area contributed by atoms with Gasteiger partial charge in [-0.3, -0.25) is 0 Å². The van der Waals surface area contributed by atoms with E-state index in [1.54, 1.807) is 24.1 Å². The summed E-state index contributed by atoms with van der Waals surface area (Å²) in [5.41, 5.74) is 0.356. The van der Waals surface area contributed by atoms with Crippen LogP contribution < -0.4 is 4.74 Å². The average molecular weight is 268 g/mol. The van der Waals surface area contributed by atoms with Gasteiger partial charge >= 0.3 is 6.09 Å². The van der Waals surface area contributed by atoms with Gasteiger partial charge in [-0.05, 0) is 26.0 Å². The number of hydrogen-bond donors (Lipinski definition) is 0. The lowest BCUT2D eigenvalue weighted by Crippen LogP contribution is -2.33. The molecule has 96 valence electrons. The topological polar surface area (TPSA) is 46.6 Å². The maximum atomic E-state index is 11.8. The number of carbonyl (C=O) groups excluding carboxylic acids is 2. The van der Waals surface area contributed by atoms with Gasteiger partial charge in [0.25, 0.3) is 0 Å². The molecule has 1 aromatic rings. The number of halogens is 1. The highest BCUT2D eigenvalue weighted by Gasteiger charge is 2.15. The molecule has 0 atom stereocenters. The molecule has 0 aliphatic carbocycles. The lowest BCUT2D eigenvalue weighted by Gasteiger charge is -2.18. The molecule has 0 bridgehead atoms. The van der Waals surface area contributed by atoms with Crippen LogP contribution in [0.4, 0.5) is 4.79 Å². The van der Waals surface area contributed by atoms with Gasteiger partial charge in [-0.2, -0.15) is 0 Å². The van der Waals surface area contributed by atoms with Gasteiger partial charge in [-0.25, -0.2) is 9.59 Å². The SMILES string of the molecule is CCN(CC)C(=O)Oc1cccc(Cl)c1C=C=O. The van der Waals surface area contributed by atoms with Crippen LogP contribution in [0.1, 0.15) is 19.4 Å². The molecule has 0 N–H and O–H groups in total. The van der Waals surface area contributed by atoms with E-state index in [-0.39, 0.29) is 5.75 Å². The predicted octanol–water partition coefficient (Wildman–Crippen LogP) is 3.03. The van der Waals surface area contributed by atoms with Crippen molar-refractivity contribution in [2.24, 2.45) is 0 Å². The second-order valence-corrected chi connectivity index (χ2v) is 3.86. The van der Waals surface area contributed by atoms with Crippen molar-refractivity contribution in [1.82, 2.24) is 4.90 Å². The summed E-state index contributed by atoms with van der Waals surface area (Å²) in [5, 5.41) is 0.336. The first-order valence-electron chi connectivity index (χ1n) is 5.60. The van der Waals surface area contributed by atoms with Crippen LogP contribution in [0, 0.1) is 0 Å². The van der Waals surface area contributed by atoms with Crippen molar-refractivity contribution in [3.63, 3.8) is 0 Å². The summed E-state index contributed by atoms with van der Waals surface area (Å²) in [7, 11) is 0. The van der Waals surface area contributed by atoms with Crippen LogP contribution in [-0.4, -0.2) is 30.0 Å². The van der Waals surface area contributed by atoms with Gasteiger partial charge < -0.3 is 9.64 Å². The molecule has 18 heavy (non-hydrogen) atoms. The molecule has 0 saturated carbocycles. The maximum Gasteiger partial charge on any atom is 0.415 e. The molecule has 0 unspecified atom stereocenters. The van der Waals surface area contributed by atoms with Crippen LogP contribution in [0.3, 0.4) is 0 Å². The first kappa shape index (κ1) is 14.3. The van der Waals surface area contributed by atoms with Crippen molar-refractivity contribution in [2.45, 2.75) is 13.8 Å². The second-order valence-electron chi connectivity index (χ2n) is 3.45. The maximum absolute atomic E-state index is 11.8. The standard InChI is InChI=1S/C13H14ClNO3/c1-3-15(4-2)13(17)18-12-7-5-6-11(14)10(12)8-9-16/h5-8H,3-4H2,1-2H3. The molecular formula is C13H14ClNO3. The minimum atomic E-state index is -0.470. The van der Waals surface area contributed by atoms with Crippen molar-refractivity contribution in [3.8, 4) is 5.75 Å². The Kier molecular flexibility index (Phi) is 5.43. The van der Waals surface area contributed by atoms with Crippen LogP contribution in [0.2, 0.25) is 5.02 Å². The van der Waals surface area contributed by atoms with Gasteiger partial charge in [0.2, 0.25) is 0 Å². The minimum Gasteiger partial charge on any atom is -0.409 e. The number of benzene rings is 1. The summed E-state index contributed by atoms with van der Waals surface area (Å²) in [6, 6.07) is 4.84. The van der Waals surface area contributed by atoms with Crippen LogP contribution in [0.15, 0.2) is 18.2 Å². The zero-order valence-electron chi connectivity index (χ0n) is 10.3. The second kappa shape index (κ2) is 6.84. The van der Waals surface area contributed by atoms with E-state index in [1.165, 1.54) is 4.90 Å². The van der Waals surface area contributed by atoms with Gasteiger partial charge in [0.05, 0.1) is 5.02 Å². The zero-order valence-corrected chi connectivity index (χ0v) is 11.0. The van der Waals surface area contributed by atoms with E-state index in [9.17, 15) is 9.59 Å². The summed E-state index contributed by atoms with van der Waals surface area (Å²) in [5.74, 6) is 1.88. The Morgan fingerprint density at radius 2 is 2.11 bits per heavy atom. The molecule has 1 aromatic carbocycles. The summed E-state index contributed by atoms with van der Waals surface area (Å²) in [6.07, 6.45) is 0.676. The van der Waals surface area contributed by atoms with Gasteiger partial charge in [0.1, 0.15) is 11.7 Å². The summed E-state index contributed by atoms with van der Waals surface area (Å²) >= 11 is 5.92. The Balaban J connectivity index is 3.00. The Morgan fingerprint density at radius 1 is 1.44 bits per heavy atom. The van der Waals surface area contributed by atoms with Crippen molar-refractivity contribution in [1.29, 1.82) is 0 Å². The Labute approximate surface area is 111 Å². The molecule has 1 amide bonds. The Hall–Kier alpha value is -1.77.